The van der Waals surface area contributed by atoms with Crippen LogP contribution in [-0.2, 0) is 20.7 Å². The molecule has 128 valence electrons. The van der Waals surface area contributed by atoms with E-state index >= 15 is 0 Å². The van der Waals surface area contributed by atoms with E-state index in [1.54, 1.807) is 31.1 Å². The molecule has 2 atom stereocenters. The summed E-state index contributed by atoms with van der Waals surface area (Å²) >= 11 is 0. The minimum absolute atomic E-state index is 0. The number of benzene rings is 1. The Hall–Kier alpha value is -1.63. The van der Waals surface area contributed by atoms with Crippen molar-refractivity contribution in [3.8, 4) is 0 Å². The van der Waals surface area contributed by atoms with Gasteiger partial charge in [0.15, 0.2) is 0 Å². The van der Waals surface area contributed by atoms with Gasteiger partial charge in [-0.2, -0.15) is 0 Å². The van der Waals surface area contributed by atoms with E-state index in [2.05, 4.69) is 5.32 Å². The summed E-state index contributed by atoms with van der Waals surface area (Å²) in [6, 6.07) is 7.28. The second-order valence-corrected chi connectivity index (χ2v) is 5.71. The molecule has 6 nitrogen and oxygen atoms in total. The highest BCUT2D eigenvalue weighted by atomic mass is 35.5. The number of hydrogen-bond acceptors (Lipinski definition) is 4. The van der Waals surface area contributed by atoms with Gasteiger partial charge in [0.1, 0.15) is 6.10 Å². The van der Waals surface area contributed by atoms with E-state index in [1.807, 2.05) is 12.1 Å². The van der Waals surface area contributed by atoms with Crippen LogP contribution in [0.1, 0.15) is 18.4 Å². The van der Waals surface area contributed by atoms with Gasteiger partial charge in [0.2, 0.25) is 5.91 Å². The molecule has 1 fully saturated rings. The lowest BCUT2D eigenvalue weighted by atomic mass is 10.1. The maximum Gasteiger partial charge on any atom is 0.253 e. The van der Waals surface area contributed by atoms with Crippen molar-refractivity contribution < 1.29 is 14.3 Å². The number of halogens is 1. The summed E-state index contributed by atoms with van der Waals surface area (Å²) in [7, 11) is 3.46. The standard InChI is InChI=1S/C16H23N3O3.ClH/c1-19(2)15(20)9-11-3-5-12(6-4-11)18-16(21)14-8-7-13(10-17)22-14;/h3-6,13-14H,7-10,17H2,1-2H3,(H,18,21);1H/t13-,14+;/m1./s1. The molecule has 0 saturated carbocycles. The van der Waals surface area contributed by atoms with Gasteiger partial charge >= 0.3 is 0 Å². The molecule has 0 spiro atoms. The molecule has 1 heterocycles. The summed E-state index contributed by atoms with van der Waals surface area (Å²) in [6.45, 7) is 0.443. The lowest BCUT2D eigenvalue weighted by molar-refractivity contribution is -0.128. The van der Waals surface area contributed by atoms with Crippen molar-refractivity contribution >= 4 is 29.9 Å². The second-order valence-electron chi connectivity index (χ2n) is 5.71. The second kappa shape index (κ2) is 8.86. The van der Waals surface area contributed by atoms with Crippen LogP contribution in [0.25, 0.3) is 0 Å². The van der Waals surface area contributed by atoms with Crippen molar-refractivity contribution in [2.45, 2.75) is 31.5 Å². The topological polar surface area (TPSA) is 84.7 Å². The van der Waals surface area contributed by atoms with Gasteiger partial charge in [-0.25, -0.2) is 0 Å². The Kier molecular flexibility index (Phi) is 7.48. The zero-order valence-electron chi connectivity index (χ0n) is 13.5. The molecule has 7 heteroatoms. The number of ether oxygens (including phenoxy) is 1. The molecule has 1 aliphatic heterocycles. The molecule has 0 unspecified atom stereocenters. The van der Waals surface area contributed by atoms with Crippen molar-refractivity contribution in [1.82, 2.24) is 4.90 Å². The van der Waals surface area contributed by atoms with E-state index in [1.165, 1.54) is 0 Å². The normalized spacial score (nSPS) is 19.8. The van der Waals surface area contributed by atoms with Crippen LogP contribution >= 0.6 is 12.4 Å². The quantitative estimate of drug-likeness (QED) is 0.842. The molecule has 2 rings (SSSR count). The van der Waals surface area contributed by atoms with Crippen molar-refractivity contribution in [2.24, 2.45) is 5.73 Å². The first-order valence-electron chi connectivity index (χ1n) is 7.45. The summed E-state index contributed by atoms with van der Waals surface area (Å²) in [6.07, 6.45) is 1.42. The van der Waals surface area contributed by atoms with E-state index in [-0.39, 0.29) is 30.3 Å². The highest BCUT2D eigenvalue weighted by Crippen LogP contribution is 2.20. The van der Waals surface area contributed by atoms with Gasteiger partial charge in [0.05, 0.1) is 12.5 Å². The molecule has 23 heavy (non-hydrogen) atoms. The Balaban J connectivity index is 0.00000264. The fourth-order valence-corrected chi connectivity index (χ4v) is 2.33. The first-order chi connectivity index (χ1) is 10.5. The fourth-order valence-electron chi connectivity index (χ4n) is 2.33. The maximum absolute atomic E-state index is 12.1. The van der Waals surface area contributed by atoms with Gasteiger partial charge < -0.3 is 20.7 Å². The number of rotatable bonds is 5. The molecule has 1 aromatic carbocycles. The number of anilines is 1. The van der Waals surface area contributed by atoms with Crippen molar-refractivity contribution in [2.75, 3.05) is 26.0 Å². The van der Waals surface area contributed by atoms with Crippen LogP contribution in [-0.4, -0.2) is 49.6 Å². The van der Waals surface area contributed by atoms with Gasteiger partial charge in [-0.3, -0.25) is 9.59 Å². The Labute approximate surface area is 142 Å². The van der Waals surface area contributed by atoms with Crippen LogP contribution in [0.3, 0.4) is 0 Å². The maximum atomic E-state index is 12.1. The number of amides is 2. The number of nitrogens with two attached hydrogens (primary N) is 1. The lowest BCUT2D eigenvalue weighted by Crippen LogP contribution is -2.29. The molecule has 0 radical (unpaired) electrons. The molecule has 1 aromatic rings. The molecular weight excluding hydrogens is 318 g/mol. The summed E-state index contributed by atoms with van der Waals surface area (Å²) in [5.74, 6) is -0.1000. The third-order valence-electron chi connectivity index (χ3n) is 3.74. The highest BCUT2D eigenvalue weighted by molar-refractivity contribution is 5.94. The van der Waals surface area contributed by atoms with Crippen LogP contribution in [0.4, 0.5) is 5.69 Å². The van der Waals surface area contributed by atoms with Gasteiger partial charge in [-0.15, -0.1) is 12.4 Å². The Morgan fingerprint density at radius 1 is 1.26 bits per heavy atom. The lowest BCUT2D eigenvalue weighted by Gasteiger charge is -2.13. The van der Waals surface area contributed by atoms with E-state index < -0.39 is 6.10 Å². The Bertz CT molecular complexity index is 534. The van der Waals surface area contributed by atoms with Crippen molar-refractivity contribution in [1.29, 1.82) is 0 Å². The average molecular weight is 342 g/mol. The zero-order chi connectivity index (χ0) is 16.1. The molecule has 0 bridgehead atoms. The van der Waals surface area contributed by atoms with E-state index in [0.717, 1.165) is 12.0 Å². The minimum Gasteiger partial charge on any atom is -0.364 e. The number of nitrogens with zero attached hydrogens (tertiary/aromatic N) is 1. The first kappa shape index (κ1) is 19.4. The highest BCUT2D eigenvalue weighted by Gasteiger charge is 2.29. The van der Waals surface area contributed by atoms with Gasteiger partial charge in [0.25, 0.3) is 5.91 Å². The number of carbonyl (C=O) groups is 2. The molecule has 1 saturated heterocycles. The summed E-state index contributed by atoms with van der Waals surface area (Å²) in [4.78, 5) is 25.3. The fraction of sp³-hybridized carbons (Fsp3) is 0.500. The number of carbonyl (C=O) groups excluding carboxylic acids is 2. The van der Waals surface area contributed by atoms with Crippen LogP contribution in [0.15, 0.2) is 24.3 Å². The van der Waals surface area contributed by atoms with E-state index in [4.69, 9.17) is 10.5 Å². The molecule has 1 aliphatic rings. The van der Waals surface area contributed by atoms with E-state index in [0.29, 0.717) is 25.1 Å². The monoisotopic (exact) mass is 341 g/mol. The average Bonchev–Trinajstić information content (AvgIpc) is 2.98. The molecule has 0 aliphatic carbocycles. The number of likely N-dealkylation sites (N-methyl/N-ethyl adjacent to an activating group) is 1. The SMILES string of the molecule is CN(C)C(=O)Cc1ccc(NC(=O)[C@@H]2CC[C@H](CN)O2)cc1.Cl. The van der Waals surface area contributed by atoms with Crippen molar-refractivity contribution in [3.63, 3.8) is 0 Å². The van der Waals surface area contributed by atoms with Crippen LogP contribution < -0.4 is 11.1 Å². The summed E-state index contributed by atoms with van der Waals surface area (Å²) < 4.78 is 5.56. The van der Waals surface area contributed by atoms with Crippen LogP contribution in [0, 0.1) is 0 Å². The molecular formula is C16H24ClN3O3. The first-order valence-corrected chi connectivity index (χ1v) is 7.45. The smallest absolute Gasteiger partial charge is 0.253 e. The predicted octanol–water partition coefficient (Wildman–Crippen LogP) is 1.18. The van der Waals surface area contributed by atoms with Gasteiger partial charge in [-0.05, 0) is 30.5 Å². The Morgan fingerprint density at radius 2 is 1.91 bits per heavy atom. The zero-order valence-corrected chi connectivity index (χ0v) is 14.3. The predicted molar refractivity (Wildman–Crippen MR) is 91.7 cm³/mol. The summed E-state index contributed by atoms with van der Waals surface area (Å²) in [5, 5.41) is 2.83. The third-order valence-corrected chi connectivity index (χ3v) is 3.74. The van der Waals surface area contributed by atoms with Crippen LogP contribution in [0.2, 0.25) is 0 Å². The largest absolute Gasteiger partial charge is 0.364 e. The molecule has 3 N–H and O–H groups in total. The van der Waals surface area contributed by atoms with Crippen molar-refractivity contribution in [3.05, 3.63) is 29.8 Å². The Morgan fingerprint density at radius 3 is 2.43 bits per heavy atom. The van der Waals surface area contributed by atoms with Gasteiger partial charge in [0, 0.05) is 26.3 Å². The van der Waals surface area contributed by atoms with Crippen LogP contribution in [0.5, 0.6) is 0 Å². The molecule has 0 aromatic heterocycles. The summed E-state index contributed by atoms with van der Waals surface area (Å²) in [5.41, 5.74) is 7.15. The number of nitrogens with one attached hydrogen (secondary N) is 1. The molecule has 2 amide bonds. The number of hydrogen-bond donors (Lipinski definition) is 2. The van der Waals surface area contributed by atoms with Gasteiger partial charge in [-0.1, -0.05) is 12.1 Å². The van der Waals surface area contributed by atoms with E-state index in [9.17, 15) is 9.59 Å². The minimum atomic E-state index is -0.427. The third kappa shape index (κ3) is 5.49.